The molecule has 0 bridgehead atoms. The van der Waals surface area contributed by atoms with Crippen LogP contribution in [0.25, 0.3) is 21.8 Å². The summed E-state index contributed by atoms with van der Waals surface area (Å²) in [5.74, 6) is 0.651. The topological polar surface area (TPSA) is 53.4 Å². The van der Waals surface area contributed by atoms with Crippen molar-refractivity contribution in [1.82, 2.24) is 9.55 Å². The summed E-state index contributed by atoms with van der Waals surface area (Å²) in [5.41, 5.74) is 5.62. The maximum atomic E-state index is 12.3. The second-order valence-corrected chi connectivity index (χ2v) is 8.69. The van der Waals surface area contributed by atoms with Crippen molar-refractivity contribution in [3.8, 4) is 5.75 Å². The molecule has 2 aromatic heterocycles. The molecule has 33 heavy (non-hydrogen) atoms. The van der Waals surface area contributed by atoms with Crippen LogP contribution in [0.1, 0.15) is 49.6 Å². The molecule has 0 N–H and O–H groups in total. The quantitative estimate of drug-likeness (QED) is 0.344. The summed E-state index contributed by atoms with van der Waals surface area (Å²) in [7, 11) is 0. The van der Waals surface area contributed by atoms with Crippen molar-refractivity contribution in [2.75, 3.05) is 6.61 Å². The summed E-state index contributed by atoms with van der Waals surface area (Å²) >= 11 is 0. The minimum absolute atomic E-state index is 0.179. The molecule has 170 valence electrons. The zero-order valence-electron chi connectivity index (χ0n) is 19.2. The van der Waals surface area contributed by atoms with Crippen molar-refractivity contribution in [1.29, 1.82) is 0 Å². The van der Waals surface area contributed by atoms with Gasteiger partial charge >= 0.3 is 5.97 Å². The second-order valence-electron chi connectivity index (χ2n) is 8.69. The van der Waals surface area contributed by atoms with Crippen molar-refractivity contribution >= 4 is 27.8 Å². The van der Waals surface area contributed by atoms with Crippen molar-refractivity contribution < 1.29 is 14.3 Å². The SMILES string of the molecule is CCOC(=O)Cn1c2c(c3cc(OCc4ccc5ccccc5n4)ccc31)CCCCCC2. The fourth-order valence-electron chi connectivity index (χ4n) is 4.92. The van der Waals surface area contributed by atoms with Crippen LogP contribution in [0.2, 0.25) is 0 Å². The molecule has 0 aliphatic heterocycles. The van der Waals surface area contributed by atoms with E-state index in [-0.39, 0.29) is 12.5 Å². The van der Waals surface area contributed by atoms with Gasteiger partial charge in [0, 0.05) is 22.0 Å². The predicted molar refractivity (Wildman–Crippen MR) is 131 cm³/mol. The van der Waals surface area contributed by atoms with E-state index >= 15 is 0 Å². The number of carbonyl (C=O) groups is 1. The molecular formula is C28H30N2O3. The smallest absolute Gasteiger partial charge is 0.325 e. The highest BCUT2D eigenvalue weighted by atomic mass is 16.5. The number of carbonyl (C=O) groups excluding carboxylic acids is 1. The van der Waals surface area contributed by atoms with Gasteiger partial charge in [0.15, 0.2) is 0 Å². The maximum absolute atomic E-state index is 12.3. The van der Waals surface area contributed by atoms with Gasteiger partial charge in [-0.25, -0.2) is 4.98 Å². The highest BCUT2D eigenvalue weighted by Gasteiger charge is 2.20. The number of aromatic nitrogens is 2. The minimum atomic E-state index is -0.179. The molecule has 0 fully saturated rings. The van der Waals surface area contributed by atoms with Crippen molar-refractivity contribution in [2.24, 2.45) is 0 Å². The molecule has 0 saturated carbocycles. The highest BCUT2D eigenvalue weighted by Crippen LogP contribution is 2.33. The Labute approximate surface area is 194 Å². The first kappa shape index (κ1) is 21.5. The van der Waals surface area contributed by atoms with E-state index in [4.69, 9.17) is 14.5 Å². The average Bonchev–Trinajstić information content (AvgIpc) is 3.08. The summed E-state index contributed by atoms with van der Waals surface area (Å²) in [4.78, 5) is 17.1. The number of para-hydroxylation sites is 1. The summed E-state index contributed by atoms with van der Waals surface area (Å²) in [6.45, 7) is 2.94. The van der Waals surface area contributed by atoms with E-state index in [0.29, 0.717) is 13.2 Å². The molecule has 1 aliphatic carbocycles. The highest BCUT2D eigenvalue weighted by molar-refractivity contribution is 5.88. The molecule has 5 nitrogen and oxygen atoms in total. The minimum Gasteiger partial charge on any atom is -0.487 e. The molecule has 5 rings (SSSR count). The van der Waals surface area contributed by atoms with Crippen LogP contribution in [-0.2, 0) is 35.5 Å². The predicted octanol–water partition coefficient (Wildman–Crippen LogP) is 5.99. The van der Waals surface area contributed by atoms with Crippen LogP contribution >= 0.6 is 0 Å². The number of fused-ring (bicyclic) bond motifs is 4. The number of ether oxygens (including phenoxy) is 2. The van der Waals surface area contributed by atoms with Gasteiger partial charge < -0.3 is 14.0 Å². The van der Waals surface area contributed by atoms with E-state index in [1.165, 1.54) is 35.9 Å². The van der Waals surface area contributed by atoms with Gasteiger partial charge in [-0.15, -0.1) is 0 Å². The third-order valence-electron chi connectivity index (χ3n) is 6.48. The Bertz CT molecular complexity index is 1290. The third kappa shape index (κ3) is 4.58. The van der Waals surface area contributed by atoms with Gasteiger partial charge in [-0.05, 0) is 68.5 Å². The standard InChI is InChI=1S/C28H30N2O3/c1-2-32-28(31)18-30-26-12-6-4-3-5-10-23(26)24-17-22(15-16-27(24)30)33-19-21-14-13-20-9-7-8-11-25(20)29-21/h7-9,11,13-17H,2-6,10,12,18-19H2,1H3. The molecule has 0 radical (unpaired) electrons. The van der Waals surface area contributed by atoms with E-state index < -0.39 is 0 Å². The van der Waals surface area contributed by atoms with Crippen LogP contribution in [0.15, 0.2) is 54.6 Å². The van der Waals surface area contributed by atoms with Gasteiger partial charge in [0.2, 0.25) is 0 Å². The number of nitrogens with zero attached hydrogens (tertiary/aromatic N) is 2. The van der Waals surface area contributed by atoms with Crippen LogP contribution in [0, 0.1) is 0 Å². The van der Waals surface area contributed by atoms with E-state index in [1.807, 2.05) is 37.3 Å². The summed E-state index contributed by atoms with van der Waals surface area (Å²) < 4.78 is 13.6. The van der Waals surface area contributed by atoms with E-state index in [0.717, 1.165) is 47.1 Å². The van der Waals surface area contributed by atoms with E-state index in [1.54, 1.807) is 0 Å². The molecule has 2 heterocycles. The van der Waals surface area contributed by atoms with Gasteiger partial charge in [-0.1, -0.05) is 37.1 Å². The Hall–Kier alpha value is -3.34. The Balaban J connectivity index is 1.45. The maximum Gasteiger partial charge on any atom is 0.325 e. The normalized spacial score (nSPS) is 14.0. The number of esters is 1. The van der Waals surface area contributed by atoms with Gasteiger partial charge in [0.1, 0.15) is 18.9 Å². The van der Waals surface area contributed by atoms with Gasteiger partial charge in [0.25, 0.3) is 0 Å². The number of rotatable bonds is 6. The Kier molecular flexibility index (Phi) is 6.29. The third-order valence-corrected chi connectivity index (χ3v) is 6.48. The van der Waals surface area contributed by atoms with E-state index in [9.17, 15) is 4.79 Å². The Morgan fingerprint density at radius 3 is 2.73 bits per heavy atom. The lowest BCUT2D eigenvalue weighted by Gasteiger charge is -2.14. The van der Waals surface area contributed by atoms with Gasteiger partial charge in [0.05, 0.1) is 17.8 Å². The molecule has 4 aromatic rings. The fraction of sp³-hybridized carbons (Fsp3) is 0.357. The lowest BCUT2D eigenvalue weighted by Crippen LogP contribution is -2.16. The lowest BCUT2D eigenvalue weighted by atomic mass is 9.96. The Morgan fingerprint density at radius 2 is 1.85 bits per heavy atom. The fourth-order valence-corrected chi connectivity index (χ4v) is 4.92. The number of hydrogen-bond donors (Lipinski definition) is 0. The first-order chi connectivity index (χ1) is 16.2. The summed E-state index contributed by atoms with van der Waals surface area (Å²) in [5, 5.41) is 2.32. The molecule has 2 aromatic carbocycles. The van der Waals surface area contributed by atoms with Gasteiger partial charge in [-0.2, -0.15) is 0 Å². The average molecular weight is 443 g/mol. The largest absolute Gasteiger partial charge is 0.487 e. The Morgan fingerprint density at radius 1 is 1.00 bits per heavy atom. The first-order valence-electron chi connectivity index (χ1n) is 12.0. The monoisotopic (exact) mass is 442 g/mol. The number of aryl methyl sites for hydroxylation is 1. The zero-order valence-corrected chi connectivity index (χ0v) is 19.2. The first-order valence-corrected chi connectivity index (χ1v) is 12.0. The number of pyridine rings is 1. The second kappa shape index (κ2) is 9.65. The molecule has 0 amide bonds. The van der Waals surface area contributed by atoms with Crippen molar-refractivity contribution in [3.05, 3.63) is 71.5 Å². The van der Waals surface area contributed by atoms with Crippen LogP contribution < -0.4 is 4.74 Å². The van der Waals surface area contributed by atoms with Crippen molar-refractivity contribution in [3.63, 3.8) is 0 Å². The molecule has 5 heteroatoms. The van der Waals surface area contributed by atoms with Crippen LogP contribution in [0.5, 0.6) is 5.75 Å². The van der Waals surface area contributed by atoms with Crippen molar-refractivity contribution in [2.45, 2.75) is 58.6 Å². The lowest BCUT2D eigenvalue weighted by molar-refractivity contribution is -0.143. The number of benzene rings is 2. The van der Waals surface area contributed by atoms with Crippen LogP contribution in [-0.4, -0.2) is 22.1 Å². The zero-order chi connectivity index (χ0) is 22.6. The van der Waals surface area contributed by atoms with Crippen LogP contribution in [0.4, 0.5) is 0 Å². The summed E-state index contributed by atoms with van der Waals surface area (Å²) in [6.07, 6.45) is 6.88. The van der Waals surface area contributed by atoms with Gasteiger partial charge in [-0.3, -0.25) is 4.79 Å². The number of hydrogen-bond acceptors (Lipinski definition) is 4. The molecule has 1 aliphatic rings. The molecule has 0 atom stereocenters. The molecular weight excluding hydrogens is 412 g/mol. The summed E-state index contributed by atoms with van der Waals surface area (Å²) in [6, 6.07) is 18.4. The molecule has 0 spiro atoms. The van der Waals surface area contributed by atoms with E-state index in [2.05, 4.69) is 28.8 Å². The van der Waals surface area contributed by atoms with Crippen LogP contribution in [0.3, 0.4) is 0 Å². The molecule has 0 unspecified atom stereocenters. The molecule has 0 saturated heterocycles.